The van der Waals surface area contributed by atoms with Crippen molar-refractivity contribution in [1.29, 1.82) is 0 Å². The van der Waals surface area contributed by atoms with Crippen LogP contribution in [-0.4, -0.2) is 26.4 Å². The molecular weight excluding hydrogens is 308 g/mol. The van der Waals surface area contributed by atoms with E-state index in [1.54, 1.807) is 26.2 Å². The van der Waals surface area contributed by atoms with Crippen LogP contribution in [0.5, 0.6) is 11.5 Å². The number of hydrogen-bond acceptors (Lipinski definition) is 5. The van der Waals surface area contributed by atoms with Gasteiger partial charge in [-0.25, -0.2) is 4.79 Å². The molecule has 1 amide bonds. The molecule has 0 aliphatic rings. The van der Waals surface area contributed by atoms with Crippen molar-refractivity contribution in [2.75, 3.05) is 31.0 Å². The Hall–Kier alpha value is -2.89. The van der Waals surface area contributed by atoms with Gasteiger partial charge in [-0.1, -0.05) is 0 Å². The second kappa shape index (κ2) is 8.67. The standard InChI is InChI=1S/C18H22N2O4/c1-4-23-15-10-11-16(20-18(21)24-5-2)17(12-15)19-13-6-8-14(22-3)9-7-13/h6-12,19H,4-5H2,1-3H3,(H,20,21). The molecular formula is C18H22N2O4. The predicted molar refractivity (Wildman–Crippen MR) is 94.5 cm³/mol. The molecule has 0 saturated heterocycles. The molecule has 0 atom stereocenters. The number of hydrogen-bond donors (Lipinski definition) is 2. The summed E-state index contributed by atoms with van der Waals surface area (Å²) in [5.41, 5.74) is 2.17. The Balaban J connectivity index is 2.24. The van der Waals surface area contributed by atoms with Gasteiger partial charge in [-0.15, -0.1) is 0 Å². The molecule has 0 aliphatic carbocycles. The van der Waals surface area contributed by atoms with E-state index in [9.17, 15) is 4.79 Å². The molecule has 24 heavy (non-hydrogen) atoms. The van der Waals surface area contributed by atoms with Gasteiger partial charge < -0.3 is 19.5 Å². The van der Waals surface area contributed by atoms with Crippen LogP contribution in [0.4, 0.5) is 21.9 Å². The fourth-order valence-corrected chi connectivity index (χ4v) is 2.10. The summed E-state index contributed by atoms with van der Waals surface area (Å²) in [6, 6.07) is 12.9. The number of amides is 1. The SMILES string of the molecule is CCOC(=O)Nc1ccc(OCC)cc1Nc1ccc(OC)cc1. The first-order valence-corrected chi connectivity index (χ1v) is 7.78. The van der Waals surface area contributed by atoms with E-state index >= 15 is 0 Å². The Bertz CT molecular complexity index is 671. The minimum Gasteiger partial charge on any atom is -0.497 e. The fraction of sp³-hybridized carbons (Fsp3) is 0.278. The fourth-order valence-electron chi connectivity index (χ4n) is 2.10. The molecule has 0 heterocycles. The lowest BCUT2D eigenvalue weighted by atomic mass is 10.2. The number of carbonyl (C=O) groups excluding carboxylic acids is 1. The summed E-state index contributed by atoms with van der Waals surface area (Å²) in [5, 5.41) is 5.98. The van der Waals surface area contributed by atoms with Crippen molar-refractivity contribution in [1.82, 2.24) is 0 Å². The number of carbonyl (C=O) groups is 1. The van der Waals surface area contributed by atoms with Gasteiger partial charge in [0.1, 0.15) is 11.5 Å². The summed E-state index contributed by atoms with van der Waals surface area (Å²) < 4.78 is 15.6. The highest BCUT2D eigenvalue weighted by atomic mass is 16.5. The molecule has 0 aromatic heterocycles. The number of anilines is 3. The van der Waals surface area contributed by atoms with E-state index in [1.165, 1.54) is 0 Å². The van der Waals surface area contributed by atoms with Gasteiger partial charge in [0.05, 0.1) is 31.7 Å². The van der Waals surface area contributed by atoms with Crippen molar-refractivity contribution in [2.24, 2.45) is 0 Å². The summed E-state index contributed by atoms with van der Waals surface area (Å²) in [5.74, 6) is 1.48. The van der Waals surface area contributed by atoms with Crippen LogP contribution < -0.4 is 20.1 Å². The maximum atomic E-state index is 11.7. The molecule has 0 fully saturated rings. The van der Waals surface area contributed by atoms with Gasteiger partial charge in [-0.3, -0.25) is 5.32 Å². The van der Waals surface area contributed by atoms with Gasteiger partial charge in [0.2, 0.25) is 0 Å². The first-order chi connectivity index (χ1) is 11.7. The third-order valence-corrected chi connectivity index (χ3v) is 3.18. The van der Waals surface area contributed by atoms with E-state index < -0.39 is 6.09 Å². The monoisotopic (exact) mass is 330 g/mol. The van der Waals surface area contributed by atoms with Crippen LogP contribution in [0.1, 0.15) is 13.8 Å². The maximum Gasteiger partial charge on any atom is 0.411 e. The summed E-state index contributed by atoms with van der Waals surface area (Å²) in [7, 11) is 1.62. The van der Waals surface area contributed by atoms with E-state index in [0.717, 1.165) is 11.4 Å². The molecule has 0 saturated carbocycles. The lowest BCUT2D eigenvalue weighted by Gasteiger charge is -2.15. The lowest BCUT2D eigenvalue weighted by molar-refractivity contribution is 0.168. The van der Waals surface area contributed by atoms with Crippen LogP contribution in [-0.2, 0) is 4.74 Å². The largest absolute Gasteiger partial charge is 0.497 e. The number of ether oxygens (including phenoxy) is 3. The van der Waals surface area contributed by atoms with E-state index in [0.29, 0.717) is 30.3 Å². The maximum absolute atomic E-state index is 11.7. The number of nitrogens with one attached hydrogen (secondary N) is 2. The molecule has 6 heteroatoms. The van der Waals surface area contributed by atoms with Gasteiger partial charge in [0.15, 0.2) is 0 Å². The molecule has 2 aromatic rings. The van der Waals surface area contributed by atoms with Crippen molar-refractivity contribution >= 4 is 23.2 Å². The zero-order valence-corrected chi connectivity index (χ0v) is 14.1. The number of rotatable bonds is 7. The van der Waals surface area contributed by atoms with Crippen molar-refractivity contribution in [3.05, 3.63) is 42.5 Å². The van der Waals surface area contributed by atoms with E-state index in [4.69, 9.17) is 14.2 Å². The van der Waals surface area contributed by atoms with Crippen LogP contribution in [0.3, 0.4) is 0 Å². The molecule has 2 aromatic carbocycles. The van der Waals surface area contributed by atoms with Gasteiger partial charge >= 0.3 is 6.09 Å². The quantitative estimate of drug-likeness (QED) is 0.787. The first-order valence-electron chi connectivity index (χ1n) is 7.78. The second-order valence-electron chi connectivity index (χ2n) is 4.84. The summed E-state index contributed by atoms with van der Waals surface area (Å²) in [6.45, 7) is 4.55. The Morgan fingerprint density at radius 1 is 0.958 bits per heavy atom. The van der Waals surface area contributed by atoms with Crippen LogP contribution >= 0.6 is 0 Å². The van der Waals surface area contributed by atoms with E-state index in [2.05, 4.69) is 10.6 Å². The average Bonchev–Trinajstić information content (AvgIpc) is 2.58. The normalized spacial score (nSPS) is 9.96. The summed E-state index contributed by atoms with van der Waals surface area (Å²) in [6.07, 6.45) is -0.501. The van der Waals surface area contributed by atoms with Gasteiger partial charge in [0.25, 0.3) is 0 Å². The highest BCUT2D eigenvalue weighted by Crippen LogP contribution is 2.30. The van der Waals surface area contributed by atoms with Crippen molar-refractivity contribution in [2.45, 2.75) is 13.8 Å². The summed E-state index contributed by atoms with van der Waals surface area (Å²) >= 11 is 0. The topological polar surface area (TPSA) is 68.8 Å². The Labute approximate surface area is 141 Å². The van der Waals surface area contributed by atoms with Crippen LogP contribution in [0.2, 0.25) is 0 Å². The molecule has 0 unspecified atom stereocenters. The van der Waals surface area contributed by atoms with Gasteiger partial charge in [0, 0.05) is 11.8 Å². The van der Waals surface area contributed by atoms with E-state index in [1.807, 2.05) is 37.3 Å². The van der Waals surface area contributed by atoms with Crippen LogP contribution in [0, 0.1) is 0 Å². The van der Waals surface area contributed by atoms with Gasteiger partial charge in [-0.05, 0) is 50.2 Å². The lowest BCUT2D eigenvalue weighted by Crippen LogP contribution is -2.14. The number of benzene rings is 2. The van der Waals surface area contributed by atoms with Gasteiger partial charge in [-0.2, -0.15) is 0 Å². The zero-order chi connectivity index (χ0) is 17.4. The smallest absolute Gasteiger partial charge is 0.411 e. The number of methoxy groups -OCH3 is 1. The Morgan fingerprint density at radius 2 is 1.67 bits per heavy atom. The Kier molecular flexibility index (Phi) is 6.31. The highest BCUT2D eigenvalue weighted by molar-refractivity contribution is 5.91. The average molecular weight is 330 g/mol. The second-order valence-corrected chi connectivity index (χ2v) is 4.84. The molecule has 0 radical (unpaired) electrons. The van der Waals surface area contributed by atoms with Crippen molar-refractivity contribution in [3.63, 3.8) is 0 Å². The third-order valence-electron chi connectivity index (χ3n) is 3.18. The molecule has 6 nitrogen and oxygen atoms in total. The minimum atomic E-state index is -0.501. The van der Waals surface area contributed by atoms with E-state index in [-0.39, 0.29) is 0 Å². The van der Waals surface area contributed by atoms with Crippen molar-refractivity contribution in [3.8, 4) is 11.5 Å². The highest BCUT2D eigenvalue weighted by Gasteiger charge is 2.09. The first kappa shape index (κ1) is 17.5. The molecule has 2 N–H and O–H groups in total. The predicted octanol–water partition coefficient (Wildman–Crippen LogP) is 4.41. The van der Waals surface area contributed by atoms with Crippen LogP contribution in [0.25, 0.3) is 0 Å². The molecule has 0 aliphatic heterocycles. The molecule has 2 rings (SSSR count). The molecule has 0 spiro atoms. The van der Waals surface area contributed by atoms with Crippen molar-refractivity contribution < 1.29 is 19.0 Å². The molecule has 128 valence electrons. The minimum absolute atomic E-state index is 0.310. The zero-order valence-electron chi connectivity index (χ0n) is 14.1. The summed E-state index contributed by atoms with van der Waals surface area (Å²) in [4.78, 5) is 11.7. The van der Waals surface area contributed by atoms with Crippen LogP contribution in [0.15, 0.2) is 42.5 Å². The Morgan fingerprint density at radius 3 is 2.29 bits per heavy atom. The third kappa shape index (κ3) is 4.81. The molecule has 0 bridgehead atoms.